The fourth-order valence-electron chi connectivity index (χ4n) is 3.78. The molecular formula is C16H28N2O3. The Labute approximate surface area is 126 Å². The maximum absolute atomic E-state index is 12.4. The van der Waals surface area contributed by atoms with Gasteiger partial charge in [0.1, 0.15) is 5.54 Å². The van der Waals surface area contributed by atoms with Gasteiger partial charge in [0.05, 0.1) is 6.04 Å². The predicted octanol–water partition coefficient (Wildman–Crippen LogP) is 2.06. The standard InChI is InChI=1S/C16H28N2O3/c1-3-10-16(2,15(20)21)18-14(19)13-9-8-11-6-4-5-7-12(11)17-13/h11-13,17H,3-10H2,1-2H3,(H,18,19)(H,20,21). The number of rotatable bonds is 5. The van der Waals surface area contributed by atoms with Gasteiger partial charge in [0.25, 0.3) is 0 Å². The Bertz CT molecular complexity index is 399. The number of nitrogens with one attached hydrogen (secondary N) is 2. The fraction of sp³-hybridized carbons (Fsp3) is 0.875. The lowest BCUT2D eigenvalue weighted by Gasteiger charge is -2.40. The lowest BCUT2D eigenvalue weighted by atomic mass is 9.77. The average Bonchev–Trinajstić information content (AvgIpc) is 2.46. The minimum atomic E-state index is -1.16. The second kappa shape index (κ2) is 6.77. The number of amides is 1. The Balaban J connectivity index is 1.95. The van der Waals surface area contributed by atoms with Gasteiger partial charge < -0.3 is 15.7 Å². The van der Waals surface area contributed by atoms with Gasteiger partial charge in [-0.25, -0.2) is 4.79 Å². The molecule has 4 unspecified atom stereocenters. The van der Waals surface area contributed by atoms with E-state index < -0.39 is 11.5 Å². The van der Waals surface area contributed by atoms with Crippen LogP contribution in [0.15, 0.2) is 0 Å². The fourth-order valence-corrected chi connectivity index (χ4v) is 3.78. The van der Waals surface area contributed by atoms with Crippen LogP contribution in [0, 0.1) is 5.92 Å². The van der Waals surface area contributed by atoms with Gasteiger partial charge in [0.2, 0.25) is 5.91 Å². The summed E-state index contributed by atoms with van der Waals surface area (Å²) in [6, 6.07) is 0.199. The van der Waals surface area contributed by atoms with Crippen molar-refractivity contribution in [2.24, 2.45) is 5.92 Å². The first kappa shape index (κ1) is 16.3. The number of carbonyl (C=O) groups is 2. The second-order valence-corrected chi connectivity index (χ2v) is 6.82. The van der Waals surface area contributed by atoms with E-state index in [-0.39, 0.29) is 11.9 Å². The number of carboxylic acid groups (broad SMARTS) is 1. The minimum Gasteiger partial charge on any atom is -0.480 e. The molecule has 1 heterocycles. The first-order valence-electron chi connectivity index (χ1n) is 8.27. The van der Waals surface area contributed by atoms with Gasteiger partial charge in [-0.15, -0.1) is 0 Å². The van der Waals surface area contributed by atoms with Gasteiger partial charge >= 0.3 is 5.97 Å². The van der Waals surface area contributed by atoms with Crippen molar-refractivity contribution < 1.29 is 14.7 Å². The lowest BCUT2D eigenvalue weighted by molar-refractivity contribution is -0.147. The molecule has 5 nitrogen and oxygen atoms in total. The van der Waals surface area contributed by atoms with Gasteiger partial charge in [-0.1, -0.05) is 26.2 Å². The van der Waals surface area contributed by atoms with E-state index in [2.05, 4.69) is 10.6 Å². The highest BCUT2D eigenvalue weighted by Crippen LogP contribution is 2.32. The molecule has 21 heavy (non-hydrogen) atoms. The van der Waals surface area contributed by atoms with Crippen molar-refractivity contribution in [3.05, 3.63) is 0 Å². The molecule has 0 spiro atoms. The lowest BCUT2D eigenvalue weighted by Crippen LogP contribution is -2.60. The summed E-state index contributed by atoms with van der Waals surface area (Å²) in [5.74, 6) is -0.411. The first-order chi connectivity index (χ1) is 9.96. The summed E-state index contributed by atoms with van der Waals surface area (Å²) in [4.78, 5) is 23.9. The zero-order valence-corrected chi connectivity index (χ0v) is 13.2. The third-order valence-electron chi connectivity index (χ3n) is 5.09. The number of piperidine rings is 1. The van der Waals surface area contributed by atoms with Crippen LogP contribution in [0.4, 0.5) is 0 Å². The quantitative estimate of drug-likeness (QED) is 0.725. The summed E-state index contributed by atoms with van der Waals surface area (Å²) in [6.07, 6.45) is 7.99. The Morgan fingerprint density at radius 1 is 1.24 bits per heavy atom. The molecule has 1 saturated heterocycles. The molecule has 2 rings (SSSR count). The number of aliphatic carboxylic acids is 1. The highest BCUT2D eigenvalue weighted by molar-refractivity contribution is 5.89. The zero-order chi connectivity index (χ0) is 15.5. The molecule has 0 bridgehead atoms. The van der Waals surface area contributed by atoms with Gasteiger partial charge in [0, 0.05) is 6.04 Å². The van der Waals surface area contributed by atoms with E-state index in [1.807, 2.05) is 6.92 Å². The van der Waals surface area contributed by atoms with E-state index in [0.717, 1.165) is 25.7 Å². The summed E-state index contributed by atoms with van der Waals surface area (Å²) in [6.45, 7) is 3.53. The monoisotopic (exact) mass is 296 g/mol. The van der Waals surface area contributed by atoms with Crippen molar-refractivity contribution in [1.82, 2.24) is 10.6 Å². The van der Waals surface area contributed by atoms with E-state index in [4.69, 9.17) is 0 Å². The normalized spacial score (nSPS) is 31.8. The van der Waals surface area contributed by atoms with Crippen LogP contribution in [0.1, 0.15) is 65.2 Å². The molecular weight excluding hydrogens is 268 g/mol. The number of hydrogen-bond acceptors (Lipinski definition) is 3. The van der Waals surface area contributed by atoms with Crippen LogP contribution in [-0.4, -0.2) is 34.6 Å². The first-order valence-corrected chi connectivity index (χ1v) is 8.27. The Kier molecular flexibility index (Phi) is 5.25. The van der Waals surface area contributed by atoms with Gasteiger partial charge in [0.15, 0.2) is 0 Å². The summed E-state index contributed by atoms with van der Waals surface area (Å²) in [5.41, 5.74) is -1.16. The Morgan fingerprint density at radius 3 is 2.62 bits per heavy atom. The van der Waals surface area contributed by atoms with Crippen molar-refractivity contribution in [3.63, 3.8) is 0 Å². The van der Waals surface area contributed by atoms with Crippen LogP contribution < -0.4 is 10.6 Å². The van der Waals surface area contributed by atoms with Gasteiger partial charge in [-0.05, 0) is 44.9 Å². The molecule has 0 aromatic rings. The molecule has 0 aromatic heterocycles. The molecule has 120 valence electrons. The summed E-state index contributed by atoms with van der Waals surface area (Å²) in [7, 11) is 0. The summed E-state index contributed by atoms with van der Waals surface area (Å²) < 4.78 is 0. The second-order valence-electron chi connectivity index (χ2n) is 6.82. The Morgan fingerprint density at radius 2 is 1.95 bits per heavy atom. The van der Waals surface area contributed by atoms with Crippen molar-refractivity contribution in [3.8, 4) is 0 Å². The van der Waals surface area contributed by atoms with E-state index in [1.54, 1.807) is 6.92 Å². The molecule has 0 aromatic carbocycles. The van der Waals surface area contributed by atoms with Crippen LogP contribution in [0.25, 0.3) is 0 Å². The molecule has 3 N–H and O–H groups in total. The van der Waals surface area contributed by atoms with Crippen molar-refractivity contribution in [1.29, 1.82) is 0 Å². The SMILES string of the molecule is CCCC(C)(NC(=O)C1CCC2CCCCC2N1)C(=O)O. The Hall–Kier alpha value is -1.10. The maximum Gasteiger partial charge on any atom is 0.329 e. The summed E-state index contributed by atoms with van der Waals surface area (Å²) >= 11 is 0. The molecule has 1 saturated carbocycles. The molecule has 4 atom stereocenters. The molecule has 5 heteroatoms. The number of hydrogen-bond donors (Lipinski definition) is 3. The van der Waals surface area contributed by atoms with Crippen LogP contribution >= 0.6 is 0 Å². The molecule has 2 fully saturated rings. The average molecular weight is 296 g/mol. The van der Waals surface area contributed by atoms with E-state index in [9.17, 15) is 14.7 Å². The van der Waals surface area contributed by atoms with Crippen LogP contribution in [-0.2, 0) is 9.59 Å². The van der Waals surface area contributed by atoms with Crippen molar-refractivity contribution in [2.45, 2.75) is 82.8 Å². The highest BCUT2D eigenvalue weighted by atomic mass is 16.4. The number of carboxylic acids is 1. The number of carbonyl (C=O) groups excluding carboxylic acids is 1. The largest absolute Gasteiger partial charge is 0.480 e. The maximum atomic E-state index is 12.4. The predicted molar refractivity (Wildman–Crippen MR) is 81.0 cm³/mol. The van der Waals surface area contributed by atoms with E-state index >= 15 is 0 Å². The van der Waals surface area contributed by atoms with Crippen molar-refractivity contribution >= 4 is 11.9 Å². The van der Waals surface area contributed by atoms with Crippen LogP contribution in [0.2, 0.25) is 0 Å². The van der Waals surface area contributed by atoms with Gasteiger partial charge in [-0.2, -0.15) is 0 Å². The molecule has 1 aliphatic carbocycles. The minimum absolute atomic E-state index is 0.155. The zero-order valence-electron chi connectivity index (χ0n) is 13.2. The molecule has 1 aliphatic heterocycles. The van der Waals surface area contributed by atoms with Gasteiger partial charge in [-0.3, -0.25) is 4.79 Å². The smallest absolute Gasteiger partial charge is 0.329 e. The molecule has 1 amide bonds. The molecule has 2 aliphatic rings. The number of fused-ring (bicyclic) bond motifs is 1. The third kappa shape index (κ3) is 3.76. The topological polar surface area (TPSA) is 78.4 Å². The van der Waals surface area contributed by atoms with E-state index in [0.29, 0.717) is 18.4 Å². The van der Waals surface area contributed by atoms with Crippen molar-refractivity contribution in [2.75, 3.05) is 0 Å². The summed E-state index contributed by atoms with van der Waals surface area (Å²) in [5, 5.41) is 15.6. The van der Waals surface area contributed by atoms with Crippen LogP contribution in [0.3, 0.4) is 0 Å². The molecule has 0 radical (unpaired) electrons. The third-order valence-corrected chi connectivity index (χ3v) is 5.09. The van der Waals surface area contributed by atoms with E-state index in [1.165, 1.54) is 19.3 Å². The highest BCUT2D eigenvalue weighted by Gasteiger charge is 2.39. The van der Waals surface area contributed by atoms with Crippen LogP contribution in [0.5, 0.6) is 0 Å².